The Morgan fingerprint density at radius 2 is 1.50 bits per heavy atom. The molecule has 0 saturated heterocycles. The molecule has 0 heterocycles. The van der Waals surface area contributed by atoms with E-state index in [4.69, 9.17) is 0 Å². The highest BCUT2D eigenvalue weighted by atomic mass is 32.2. The molecule has 0 unspecified atom stereocenters. The van der Waals surface area contributed by atoms with Gasteiger partial charge >= 0.3 is 0 Å². The first kappa shape index (κ1) is 28.9. The SMILES string of the molecule is CCNC(=O)[C@@H](CC)N(Cc1ccccc1)C(=O)CN(c1cc(C)ccc1C)S(=O)(=O)c1ccc(C)cc1. The summed E-state index contributed by atoms with van der Waals surface area (Å²) in [6.07, 6.45) is 0.387. The van der Waals surface area contributed by atoms with Crippen molar-refractivity contribution in [1.29, 1.82) is 0 Å². The summed E-state index contributed by atoms with van der Waals surface area (Å²) < 4.78 is 29.1. The van der Waals surface area contributed by atoms with Crippen molar-refractivity contribution in [2.24, 2.45) is 0 Å². The van der Waals surface area contributed by atoms with Gasteiger partial charge in [-0.25, -0.2) is 8.42 Å². The Labute approximate surface area is 226 Å². The van der Waals surface area contributed by atoms with Crippen molar-refractivity contribution in [3.05, 3.63) is 95.1 Å². The molecule has 38 heavy (non-hydrogen) atoms. The number of hydrogen-bond donors (Lipinski definition) is 1. The standard InChI is InChI=1S/C30H37N3O4S/c1-6-27(30(35)31-7-2)32(20-25-11-9-8-10-12-25)29(34)21-33(28-19-23(4)13-16-24(28)5)38(36,37)26-17-14-22(3)15-18-26/h8-19,27H,6-7,20-21H2,1-5H3,(H,31,35)/t27-/m1/s1. The van der Waals surface area contributed by atoms with Crippen LogP contribution in [0.1, 0.15) is 42.5 Å². The topological polar surface area (TPSA) is 86.8 Å². The van der Waals surface area contributed by atoms with Crippen LogP contribution in [-0.4, -0.2) is 44.3 Å². The van der Waals surface area contributed by atoms with Crippen molar-refractivity contribution >= 4 is 27.5 Å². The van der Waals surface area contributed by atoms with Crippen LogP contribution in [0.15, 0.2) is 77.7 Å². The predicted octanol–water partition coefficient (Wildman–Crippen LogP) is 4.75. The quantitative estimate of drug-likeness (QED) is 0.384. The molecule has 2 amide bonds. The zero-order chi connectivity index (χ0) is 27.9. The molecular formula is C30H37N3O4S. The van der Waals surface area contributed by atoms with Gasteiger partial charge in [0, 0.05) is 13.1 Å². The van der Waals surface area contributed by atoms with Gasteiger partial charge in [0.15, 0.2) is 0 Å². The van der Waals surface area contributed by atoms with Gasteiger partial charge in [-0.2, -0.15) is 0 Å². The van der Waals surface area contributed by atoms with Crippen molar-refractivity contribution in [2.75, 3.05) is 17.4 Å². The number of carbonyl (C=O) groups is 2. The summed E-state index contributed by atoms with van der Waals surface area (Å²) in [5.74, 6) is -0.720. The van der Waals surface area contributed by atoms with Crippen LogP contribution in [0.5, 0.6) is 0 Å². The lowest BCUT2D eigenvalue weighted by Gasteiger charge is -2.33. The zero-order valence-electron chi connectivity index (χ0n) is 22.8. The highest BCUT2D eigenvalue weighted by molar-refractivity contribution is 7.92. The largest absolute Gasteiger partial charge is 0.355 e. The summed E-state index contributed by atoms with van der Waals surface area (Å²) in [5.41, 5.74) is 3.81. The Morgan fingerprint density at radius 3 is 2.11 bits per heavy atom. The highest BCUT2D eigenvalue weighted by Crippen LogP contribution is 2.29. The number of rotatable bonds is 11. The molecule has 8 heteroatoms. The summed E-state index contributed by atoms with van der Waals surface area (Å²) in [4.78, 5) is 28.6. The van der Waals surface area contributed by atoms with Crippen LogP contribution in [-0.2, 0) is 26.2 Å². The van der Waals surface area contributed by atoms with Crippen LogP contribution in [0.25, 0.3) is 0 Å². The van der Waals surface area contributed by atoms with Gasteiger partial charge in [0.2, 0.25) is 11.8 Å². The molecule has 0 aromatic heterocycles. The fraction of sp³-hybridized carbons (Fsp3) is 0.333. The van der Waals surface area contributed by atoms with E-state index < -0.39 is 28.5 Å². The van der Waals surface area contributed by atoms with Gasteiger partial charge in [-0.3, -0.25) is 13.9 Å². The molecule has 0 aliphatic rings. The van der Waals surface area contributed by atoms with E-state index >= 15 is 0 Å². The number of amides is 2. The highest BCUT2D eigenvalue weighted by Gasteiger charge is 2.34. The second-order valence-electron chi connectivity index (χ2n) is 9.44. The van der Waals surface area contributed by atoms with Gasteiger partial charge in [0.1, 0.15) is 12.6 Å². The molecule has 0 radical (unpaired) electrons. The average molecular weight is 536 g/mol. The first-order valence-corrected chi connectivity index (χ1v) is 14.3. The van der Waals surface area contributed by atoms with Crippen LogP contribution < -0.4 is 9.62 Å². The maximum Gasteiger partial charge on any atom is 0.264 e. The van der Waals surface area contributed by atoms with E-state index in [1.54, 1.807) is 30.3 Å². The van der Waals surface area contributed by atoms with Crippen molar-refractivity contribution in [2.45, 2.75) is 58.5 Å². The molecule has 1 N–H and O–H groups in total. The fourth-order valence-corrected chi connectivity index (χ4v) is 5.80. The summed E-state index contributed by atoms with van der Waals surface area (Å²) >= 11 is 0. The lowest BCUT2D eigenvalue weighted by atomic mass is 10.1. The molecule has 0 saturated carbocycles. The van der Waals surface area contributed by atoms with Crippen LogP contribution in [0.2, 0.25) is 0 Å². The number of carbonyl (C=O) groups excluding carboxylic acids is 2. The van der Waals surface area contributed by atoms with Gasteiger partial charge in [-0.15, -0.1) is 0 Å². The first-order valence-electron chi connectivity index (χ1n) is 12.9. The second kappa shape index (κ2) is 12.7. The van der Waals surface area contributed by atoms with Gasteiger partial charge in [-0.05, 0) is 69.0 Å². The van der Waals surface area contributed by atoms with Crippen LogP contribution >= 0.6 is 0 Å². The number of sulfonamides is 1. The Balaban J connectivity index is 2.09. The minimum Gasteiger partial charge on any atom is -0.355 e. The Bertz CT molecular complexity index is 1360. The van der Waals surface area contributed by atoms with Crippen LogP contribution in [0.4, 0.5) is 5.69 Å². The maximum absolute atomic E-state index is 14.0. The van der Waals surface area contributed by atoms with Crippen molar-refractivity contribution in [3.63, 3.8) is 0 Å². The third-order valence-corrected chi connectivity index (χ3v) is 8.23. The number of anilines is 1. The van der Waals surface area contributed by atoms with E-state index in [-0.39, 0.29) is 17.3 Å². The number of nitrogens with zero attached hydrogens (tertiary/aromatic N) is 2. The molecule has 1 atom stereocenters. The number of hydrogen-bond acceptors (Lipinski definition) is 4. The Kier molecular flexibility index (Phi) is 9.69. The van der Waals surface area contributed by atoms with Crippen molar-refractivity contribution in [1.82, 2.24) is 10.2 Å². The lowest BCUT2D eigenvalue weighted by molar-refractivity contribution is -0.140. The van der Waals surface area contributed by atoms with E-state index in [9.17, 15) is 18.0 Å². The fourth-order valence-electron chi connectivity index (χ4n) is 4.33. The van der Waals surface area contributed by atoms with E-state index in [0.29, 0.717) is 18.7 Å². The minimum atomic E-state index is -4.09. The van der Waals surface area contributed by atoms with Gasteiger partial charge in [0.25, 0.3) is 10.0 Å². The molecule has 0 aliphatic carbocycles. The molecule has 7 nitrogen and oxygen atoms in total. The molecule has 0 aliphatic heterocycles. The molecule has 0 fully saturated rings. The monoisotopic (exact) mass is 535 g/mol. The van der Waals surface area contributed by atoms with E-state index in [0.717, 1.165) is 22.3 Å². The van der Waals surface area contributed by atoms with Crippen LogP contribution in [0, 0.1) is 20.8 Å². The molecule has 3 aromatic carbocycles. The Hall–Kier alpha value is -3.65. The molecule has 0 spiro atoms. The number of aryl methyl sites for hydroxylation is 3. The number of likely N-dealkylation sites (N-methyl/N-ethyl adjacent to an activating group) is 1. The average Bonchev–Trinajstić information content (AvgIpc) is 2.89. The normalized spacial score (nSPS) is 12.0. The predicted molar refractivity (Wildman–Crippen MR) is 151 cm³/mol. The third kappa shape index (κ3) is 6.81. The maximum atomic E-state index is 14.0. The van der Waals surface area contributed by atoms with E-state index in [1.807, 2.05) is 77.1 Å². The third-order valence-electron chi connectivity index (χ3n) is 6.45. The van der Waals surface area contributed by atoms with Gasteiger partial charge in [-0.1, -0.05) is 67.1 Å². The van der Waals surface area contributed by atoms with Crippen molar-refractivity contribution < 1.29 is 18.0 Å². The van der Waals surface area contributed by atoms with Crippen molar-refractivity contribution in [3.8, 4) is 0 Å². The molecule has 0 bridgehead atoms. The lowest BCUT2D eigenvalue weighted by Crippen LogP contribution is -2.52. The zero-order valence-corrected chi connectivity index (χ0v) is 23.6. The van der Waals surface area contributed by atoms with Gasteiger partial charge in [0.05, 0.1) is 10.6 Å². The number of nitrogens with one attached hydrogen (secondary N) is 1. The smallest absolute Gasteiger partial charge is 0.264 e. The first-order chi connectivity index (χ1) is 18.1. The van der Waals surface area contributed by atoms with Crippen LogP contribution in [0.3, 0.4) is 0 Å². The molecular weight excluding hydrogens is 498 g/mol. The summed E-state index contributed by atoms with van der Waals surface area (Å²) in [6.45, 7) is 9.42. The molecule has 3 rings (SSSR count). The van der Waals surface area contributed by atoms with Gasteiger partial charge < -0.3 is 10.2 Å². The van der Waals surface area contributed by atoms with E-state index in [1.165, 1.54) is 9.21 Å². The summed E-state index contributed by atoms with van der Waals surface area (Å²) in [5, 5.41) is 2.82. The Morgan fingerprint density at radius 1 is 0.868 bits per heavy atom. The minimum absolute atomic E-state index is 0.0992. The van der Waals surface area contributed by atoms with E-state index in [2.05, 4.69) is 5.32 Å². The number of benzene rings is 3. The summed E-state index contributed by atoms with van der Waals surface area (Å²) in [6, 6.07) is 20.8. The molecule has 202 valence electrons. The second-order valence-corrected chi connectivity index (χ2v) is 11.3. The molecule has 3 aromatic rings. The summed E-state index contributed by atoms with van der Waals surface area (Å²) in [7, 11) is -4.09.